The third kappa shape index (κ3) is 3.91. The molecule has 1 unspecified atom stereocenters. The van der Waals surface area contributed by atoms with E-state index in [0.717, 1.165) is 28.1 Å². The summed E-state index contributed by atoms with van der Waals surface area (Å²) in [6, 6.07) is 2.24. The Morgan fingerprint density at radius 3 is 3.16 bits per heavy atom. The molecule has 0 saturated carbocycles. The van der Waals surface area contributed by atoms with Gasteiger partial charge in [-0.2, -0.15) is 0 Å². The number of hydrogen-bond acceptors (Lipinski definition) is 5. The number of nitrogens with one attached hydrogen (secondary N) is 1. The molecule has 0 aliphatic carbocycles. The molecule has 0 spiro atoms. The van der Waals surface area contributed by atoms with E-state index in [1.54, 1.807) is 17.7 Å². The topological polar surface area (TPSA) is 54.9 Å². The molecule has 2 aromatic rings. The average Bonchev–Trinajstić information content (AvgIpc) is 2.85. The summed E-state index contributed by atoms with van der Waals surface area (Å²) in [6.07, 6.45) is 3.65. The van der Waals surface area contributed by atoms with Crippen molar-refractivity contribution < 1.29 is 4.79 Å². The highest BCUT2D eigenvalue weighted by molar-refractivity contribution is 8.00. The maximum absolute atomic E-state index is 11.8. The van der Waals surface area contributed by atoms with Crippen molar-refractivity contribution in [3.8, 4) is 0 Å². The Balaban J connectivity index is 1.91. The quantitative estimate of drug-likeness (QED) is 0.657. The van der Waals surface area contributed by atoms with E-state index in [1.165, 1.54) is 11.8 Å². The summed E-state index contributed by atoms with van der Waals surface area (Å²) in [7, 11) is 0. The molecule has 0 aliphatic rings. The lowest BCUT2D eigenvalue weighted by molar-refractivity contribution is -0.119. The molecule has 0 bridgehead atoms. The Kier molecular flexibility index (Phi) is 5.15. The van der Waals surface area contributed by atoms with Gasteiger partial charge in [-0.05, 0) is 24.8 Å². The van der Waals surface area contributed by atoms with Gasteiger partial charge in [0.2, 0.25) is 5.91 Å². The van der Waals surface area contributed by atoms with Gasteiger partial charge in [-0.25, -0.2) is 9.97 Å². The lowest BCUT2D eigenvalue weighted by Crippen LogP contribution is -2.33. The van der Waals surface area contributed by atoms with Crippen LogP contribution < -0.4 is 5.32 Å². The smallest absolute Gasteiger partial charge is 0.230 e. The fourth-order valence-electron chi connectivity index (χ4n) is 1.84. The fourth-order valence-corrected chi connectivity index (χ4v) is 3.43. The highest BCUT2D eigenvalue weighted by Crippen LogP contribution is 2.27. The van der Waals surface area contributed by atoms with Gasteiger partial charge in [0.1, 0.15) is 16.2 Å². The first-order chi connectivity index (χ1) is 9.20. The molecule has 102 valence electrons. The van der Waals surface area contributed by atoms with Crippen LogP contribution in [0.3, 0.4) is 0 Å². The summed E-state index contributed by atoms with van der Waals surface area (Å²) in [5, 5.41) is 6.90. The predicted octanol–water partition coefficient (Wildman–Crippen LogP) is 3.09. The molecule has 0 saturated heterocycles. The molecule has 4 nitrogen and oxygen atoms in total. The Bertz CT molecular complexity index is 556. The van der Waals surface area contributed by atoms with Gasteiger partial charge < -0.3 is 5.32 Å². The Labute approximate surface area is 121 Å². The SMILES string of the molecule is CCCC(C)NC(=O)CSc1ncnc2sccc12. The number of amides is 1. The molecule has 0 fully saturated rings. The lowest BCUT2D eigenvalue weighted by Gasteiger charge is -2.12. The Hall–Kier alpha value is -1.14. The van der Waals surface area contributed by atoms with Gasteiger partial charge in [0.05, 0.1) is 5.75 Å². The molecular weight excluding hydrogens is 278 g/mol. The summed E-state index contributed by atoms with van der Waals surface area (Å²) < 4.78 is 0. The first kappa shape index (κ1) is 14.3. The highest BCUT2D eigenvalue weighted by Gasteiger charge is 2.10. The molecule has 6 heteroatoms. The molecule has 0 aromatic carbocycles. The molecule has 0 aliphatic heterocycles. The van der Waals surface area contributed by atoms with Crippen molar-refractivity contribution in [2.45, 2.75) is 37.8 Å². The first-order valence-corrected chi connectivity index (χ1v) is 8.17. The third-order valence-electron chi connectivity index (χ3n) is 2.69. The molecule has 19 heavy (non-hydrogen) atoms. The van der Waals surface area contributed by atoms with Crippen LogP contribution in [0.5, 0.6) is 0 Å². The van der Waals surface area contributed by atoms with Gasteiger partial charge >= 0.3 is 0 Å². The normalized spacial score (nSPS) is 12.5. The summed E-state index contributed by atoms with van der Waals surface area (Å²) in [6.45, 7) is 4.15. The van der Waals surface area contributed by atoms with Crippen molar-refractivity contribution in [2.75, 3.05) is 5.75 Å². The number of fused-ring (bicyclic) bond motifs is 1. The minimum absolute atomic E-state index is 0.0629. The van der Waals surface area contributed by atoms with Gasteiger partial charge in [0.25, 0.3) is 0 Å². The average molecular weight is 295 g/mol. The van der Waals surface area contributed by atoms with Crippen molar-refractivity contribution in [3.05, 3.63) is 17.8 Å². The number of nitrogens with zero attached hydrogens (tertiary/aromatic N) is 2. The molecule has 1 atom stereocenters. The highest BCUT2D eigenvalue weighted by atomic mass is 32.2. The van der Waals surface area contributed by atoms with Crippen LogP contribution in [0.4, 0.5) is 0 Å². The monoisotopic (exact) mass is 295 g/mol. The van der Waals surface area contributed by atoms with E-state index in [4.69, 9.17) is 0 Å². The predicted molar refractivity (Wildman–Crippen MR) is 80.7 cm³/mol. The minimum Gasteiger partial charge on any atom is -0.353 e. The van der Waals surface area contributed by atoms with E-state index in [9.17, 15) is 4.79 Å². The molecule has 0 radical (unpaired) electrons. The second kappa shape index (κ2) is 6.86. The first-order valence-electron chi connectivity index (χ1n) is 6.31. The molecule has 1 N–H and O–H groups in total. The zero-order valence-electron chi connectivity index (χ0n) is 11.0. The van der Waals surface area contributed by atoms with Crippen molar-refractivity contribution in [1.82, 2.24) is 15.3 Å². The van der Waals surface area contributed by atoms with Gasteiger partial charge in [-0.15, -0.1) is 11.3 Å². The number of carbonyl (C=O) groups is 1. The number of aromatic nitrogens is 2. The van der Waals surface area contributed by atoms with E-state index in [0.29, 0.717) is 5.75 Å². The Morgan fingerprint density at radius 2 is 2.37 bits per heavy atom. The van der Waals surface area contributed by atoms with Crippen molar-refractivity contribution >= 4 is 39.2 Å². The van der Waals surface area contributed by atoms with E-state index >= 15 is 0 Å². The third-order valence-corrected chi connectivity index (χ3v) is 4.52. The van der Waals surface area contributed by atoms with Crippen LogP contribution in [-0.4, -0.2) is 27.7 Å². The number of rotatable bonds is 6. The number of hydrogen-bond donors (Lipinski definition) is 1. The zero-order chi connectivity index (χ0) is 13.7. The van der Waals surface area contributed by atoms with E-state index < -0.39 is 0 Å². The molecule has 2 aromatic heterocycles. The van der Waals surface area contributed by atoms with Gasteiger partial charge in [0.15, 0.2) is 0 Å². The summed E-state index contributed by atoms with van der Waals surface area (Å²) in [5.41, 5.74) is 0. The van der Waals surface area contributed by atoms with Crippen LogP contribution in [0.25, 0.3) is 10.2 Å². The maximum Gasteiger partial charge on any atom is 0.230 e. The minimum atomic E-state index is 0.0629. The van der Waals surface area contributed by atoms with Crippen molar-refractivity contribution in [3.63, 3.8) is 0 Å². The summed E-state index contributed by atoms with van der Waals surface area (Å²) >= 11 is 3.05. The Morgan fingerprint density at radius 1 is 1.53 bits per heavy atom. The van der Waals surface area contributed by atoms with Crippen LogP contribution in [0, 0.1) is 0 Å². The van der Waals surface area contributed by atoms with E-state index in [2.05, 4.69) is 22.2 Å². The van der Waals surface area contributed by atoms with Gasteiger partial charge in [0, 0.05) is 11.4 Å². The standard InChI is InChI=1S/C13H17N3OS2/c1-3-4-9(2)16-11(17)7-19-13-10-5-6-18-12(10)14-8-15-13/h5-6,8-9H,3-4,7H2,1-2H3,(H,16,17). The zero-order valence-corrected chi connectivity index (χ0v) is 12.7. The molecule has 2 rings (SSSR count). The van der Waals surface area contributed by atoms with Crippen LogP contribution in [0.15, 0.2) is 22.8 Å². The summed E-state index contributed by atoms with van der Waals surface area (Å²) in [5.74, 6) is 0.462. The maximum atomic E-state index is 11.8. The molecular formula is C13H17N3OS2. The molecule has 2 heterocycles. The van der Waals surface area contributed by atoms with Crippen LogP contribution in [0.2, 0.25) is 0 Å². The van der Waals surface area contributed by atoms with Crippen molar-refractivity contribution in [2.24, 2.45) is 0 Å². The largest absolute Gasteiger partial charge is 0.353 e. The van der Waals surface area contributed by atoms with E-state index in [-0.39, 0.29) is 11.9 Å². The van der Waals surface area contributed by atoms with Crippen molar-refractivity contribution in [1.29, 1.82) is 0 Å². The second-order valence-electron chi connectivity index (χ2n) is 4.36. The van der Waals surface area contributed by atoms with E-state index in [1.807, 2.05) is 18.4 Å². The second-order valence-corrected chi connectivity index (χ2v) is 6.22. The van der Waals surface area contributed by atoms with Crippen LogP contribution in [0.1, 0.15) is 26.7 Å². The van der Waals surface area contributed by atoms with Gasteiger partial charge in [-0.1, -0.05) is 25.1 Å². The van der Waals surface area contributed by atoms with Gasteiger partial charge in [-0.3, -0.25) is 4.79 Å². The molecule has 1 amide bonds. The number of thiophene rings is 1. The van der Waals surface area contributed by atoms with Crippen LogP contribution in [-0.2, 0) is 4.79 Å². The number of thioether (sulfide) groups is 1. The summed E-state index contributed by atoms with van der Waals surface area (Å²) in [4.78, 5) is 21.2. The fraction of sp³-hybridized carbons (Fsp3) is 0.462. The van der Waals surface area contributed by atoms with Crippen LogP contribution >= 0.6 is 23.1 Å². The number of carbonyl (C=O) groups excluding carboxylic acids is 1. The lowest BCUT2D eigenvalue weighted by atomic mass is 10.2.